The smallest absolute Gasteiger partial charge is 0.410 e. The fourth-order valence-electron chi connectivity index (χ4n) is 3.74. The summed E-state index contributed by atoms with van der Waals surface area (Å²) in [4.78, 5) is 25.8. The van der Waals surface area contributed by atoms with Gasteiger partial charge in [0.2, 0.25) is 0 Å². The van der Waals surface area contributed by atoms with E-state index in [-0.39, 0.29) is 12.6 Å². The Morgan fingerprint density at radius 2 is 1.38 bits per heavy atom. The molecule has 0 N–H and O–H groups in total. The van der Waals surface area contributed by atoms with Crippen molar-refractivity contribution in [3.05, 3.63) is 0 Å². The molecular weight excluding hydrogens is 370 g/mol. The van der Waals surface area contributed by atoms with E-state index in [0.717, 1.165) is 19.3 Å². The average molecular weight is 414 g/mol. The lowest BCUT2D eigenvalue weighted by atomic mass is 10.1. The Bertz CT molecular complexity index is 429. The zero-order valence-electron chi connectivity index (χ0n) is 18.8. The van der Waals surface area contributed by atoms with Gasteiger partial charge in [0.1, 0.15) is 12.6 Å². The number of methoxy groups -OCH3 is 1. The molecule has 6 heteroatoms. The number of likely N-dealkylation sites (tertiary alicyclic amines) is 1. The van der Waals surface area contributed by atoms with Gasteiger partial charge >= 0.3 is 12.1 Å². The van der Waals surface area contributed by atoms with Crippen LogP contribution in [0.25, 0.3) is 0 Å². The van der Waals surface area contributed by atoms with E-state index in [1.807, 2.05) is 0 Å². The molecule has 1 amide bonds. The van der Waals surface area contributed by atoms with Crippen molar-refractivity contribution in [3.8, 4) is 0 Å². The first-order valence-electron chi connectivity index (χ1n) is 11.8. The molecule has 0 radical (unpaired) electrons. The molecule has 0 aromatic rings. The predicted octanol–water partition coefficient (Wildman–Crippen LogP) is 5.48. The standard InChI is InChI=1S/C23H43NO5/c1-3-4-5-6-7-8-9-10-11-12-13-14-18-28-22(25)21-16-15-17-24(21)23(26)29-20-19-27-2/h21H,3-20H2,1-2H3. The average Bonchev–Trinajstić information content (AvgIpc) is 3.21. The molecule has 0 spiro atoms. The van der Waals surface area contributed by atoms with E-state index >= 15 is 0 Å². The summed E-state index contributed by atoms with van der Waals surface area (Å²) in [6, 6.07) is -0.498. The number of carbonyl (C=O) groups excluding carboxylic acids is 2. The molecule has 1 rings (SSSR count). The highest BCUT2D eigenvalue weighted by Gasteiger charge is 2.36. The van der Waals surface area contributed by atoms with Crippen molar-refractivity contribution in [2.75, 3.05) is 33.5 Å². The quantitative estimate of drug-likeness (QED) is 0.233. The van der Waals surface area contributed by atoms with Crippen molar-refractivity contribution in [2.45, 2.75) is 103 Å². The van der Waals surface area contributed by atoms with Gasteiger partial charge < -0.3 is 14.2 Å². The predicted molar refractivity (Wildman–Crippen MR) is 115 cm³/mol. The lowest BCUT2D eigenvalue weighted by molar-refractivity contribution is -0.148. The molecule has 1 heterocycles. The second kappa shape index (κ2) is 17.5. The molecule has 170 valence electrons. The topological polar surface area (TPSA) is 65.1 Å². The summed E-state index contributed by atoms with van der Waals surface area (Å²) in [6.45, 7) is 3.80. The van der Waals surface area contributed by atoms with E-state index < -0.39 is 12.1 Å². The molecule has 29 heavy (non-hydrogen) atoms. The SMILES string of the molecule is CCCCCCCCCCCCCCOC(=O)C1CCCN1C(=O)OCCOC. The van der Waals surface area contributed by atoms with Crippen molar-refractivity contribution in [1.29, 1.82) is 0 Å². The van der Waals surface area contributed by atoms with Gasteiger partial charge in [-0.2, -0.15) is 0 Å². The van der Waals surface area contributed by atoms with Gasteiger partial charge in [-0.15, -0.1) is 0 Å². The second-order valence-electron chi connectivity index (χ2n) is 8.02. The molecule has 1 aliphatic heterocycles. The molecular formula is C23H43NO5. The molecule has 6 nitrogen and oxygen atoms in total. The number of ether oxygens (including phenoxy) is 3. The Labute approximate surface area is 177 Å². The maximum absolute atomic E-state index is 12.3. The number of hydrogen-bond acceptors (Lipinski definition) is 5. The van der Waals surface area contributed by atoms with Gasteiger partial charge in [-0.05, 0) is 19.3 Å². The number of unbranched alkanes of at least 4 members (excludes halogenated alkanes) is 11. The Balaban J connectivity index is 1.99. The molecule has 0 aromatic carbocycles. The molecule has 1 unspecified atom stereocenters. The van der Waals surface area contributed by atoms with Gasteiger partial charge in [0, 0.05) is 13.7 Å². The van der Waals surface area contributed by atoms with Crippen molar-refractivity contribution in [3.63, 3.8) is 0 Å². The third-order valence-corrected chi connectivity index (χ3v) is 5.51. The number of amides is 1. The normalized spacial score (nSPS) is 16.2. The molecule has 0 saturated carbocycles. The fourth-order valence-corrected chi connectivity index (χ4v) is 3.74. The molecule has 1 fully saturated rings. The first-order valence-corrected chi connectivity index (χ1v) is 11.8. The summed E-state index contributed by atoms with van der Waals surface area (Å²) in [5.74, 6) is -0.297. The highest BCUT2D eigenvalue weighted by molar-refractivity contribution is 5.82. The molecule has 0 aliphatic carbocycles. The van der Waals surface area contributed by atoms with Crippen LogP contribution < -0.4 is 0 Å². The van der Waals surface area contributed by atoms with E-state index in [0.29, 0.717) is 26.2 Å². The van der Waals surface area contributed by atoms with Crippen LogP contribution >= 0.6 is 0 Å². The summed E-state index contributed by atoms with van der Waals surface area (Å²) in [6.07, 6.45) is 16.4. The van der Waals surface area contributed by atoms with Crippen LogP contribution in [0, 0.1) is 0 Å². The zero-order chi connectivity index (χ0) is 21.2. The van der Waals surface area contributed by atoms with Crippen molar-refractivity contribution < 1.29 is 23.8 Å². The number of esters is 1. The molecule has 1 saturated heterocycles. The second-order valence-corrected chi connectivity index (χ2v) is 8.02. The van der Waals surface area contributed by atoms with Gasteiger partial charge in [-0.25, -0.2) is 9.59 Å². The summed E-state index contributed by atoms with van der Waals surface area (Å²) in [5.41, 5.74) is 0. The zero-order valence-corrected chi connectivity index (χ0v) is 18.8. The Morgan fingerprint density at radius 3 is 1.97 bits per heavy atom. The number of hydrogen-bond donors (Lipinski definition) is 0. The van der Waals surface area contributed by atoms with E-state index in [2.05, 4.69) is 6.92 Å². The summed E-state index contributed by atoms with van der Waals surface area (Å²) in [5, 5.41) is 0. The minimum absolute atomic E-state index is 0.201. The maximum Gasteiger partial charge on any atom is 0.410 e. The third kappa shape index (κ3) is 12.1. The highest BCUT2D eigenvalue weighted by atomic mass is 16.6. The fraction of sp³-hybridized carbons (Fsp3) is 0.913. The Hall–Kier alpha value is -1.30. The minimum atomic E-state index is -0.498. The van der Waals surface area contributed by atoms with Gasteiger partial charge in [0.25, 0.3) is 0 Å². The van der Waals surface area contributed by atoms with Crippen LogP contribution in [0.3, 0.4) is 0 Å². The number of carbonyl (C=O) groups is 2. The van der Waals surface area contributed by atoms with E-state index in [1.165, 1.54) is 69.1 Å². The van der Waals surface area contributed by atoms with Crippen LogP contribution in [0.1, 0.15) is 96.8 Å². The third-order valence-electron chi connectivity index (χ3n) is 5.51. The summed E-state index contributed by atoms with van der Waals surface area (Å²) >= 11 is 0. The van der Waals surface area contributed by atoms with Gasteiger partial charge in [0.15, 0.2) is 0 Å². The van der Waals surface area contributed by atoms with Crippen molar-refractivity contribution >= 4 is 12.1 Å². The van der Waals surface area contributed by atoms with Crippen LogP contribution in [0.5, 0.6) is 0 Å². The van der Waals surface area contributed by atoms with Crippen LogP contribution in [-0.2, 0) is 19.0 Å². The van der Waals surface area contributed by atoms with E-state index in [1.54, 1.807) is 7.11 Å². The lowest BCUT2D eigenvalue weighted by Gasteiger charge is -2.22. The van der Waals surface area contributed by atoms with Crippen molar-refractivity contribution in [2.24, 2.45) is 0 Å². The molecule has 0 bridgehead atoms. The van der Waals surface area contributed by atoms with Gasteiger partial charge in [-0.3, -0.25) is 4.90 Å². The first-order chi connectivity index (χ1) is 14.2. The van der Waals surface area contributed by atoms with Crippen molar-refractivity contribution in [1.82, 2.24) is 4.90 Å². The van der Waals surface area contributed by atoms with Crippen LogP contribution in [0.15, 0.2) is 0 Å². The van der Waals surface area contributed by atoms with Crippen LogP contribution in [-0.4, -0.2) is 56.5 Å². The molecule has 1 aliphatic rings. The Kier molecular flexibility index (Phi) is 15.6. The summed E-state index contributed by atoms with van der Waals surface area (Å²) in [7, 11) is 1.56. The molecule has 1 atom stereocenters. The largest absolute Gasteiger partial charge is 0.464 e. The number of nitrogens with zero attached hydrogens (tertiary/aromatic N) is 1. The Morgan fingerprint density at radius 1 is 0.793 bits per heavy atom. The van der Waals surface area contributed by atoms with Gasteiger partial charge in [0.05, 0.1) is 13.2 Å². The maximum atomic E-state index is 12.3. The number of rotatable bonds is 17. The van der Waals surface area contributed by atoms with E-state index in [9.17, 15) is 9.59 Å². The minimum Gasteiger partial charge on any atom is -0.464 e. The lowest BCUT2D eigenvalue weighted by Crippen LogP contribution is -2.42. The highest BCUT2D eigenvalue weighted by Crippen LogP contribution is 2.20. The van der Waals surface area contributed by atoms with Crippen LogP contribution in [0.2, 0.25) is 0 Å². The summed E-state index contributed by atoms with van der Waals surface area (Å²) < 4.78 is 15.4. The molecule has 0 aromatic heterocycles. The van der Waals surface area contributed by atoms with Crippen LogP contribution in [0.4, 0.5) is 4.79 Å². The van der Waals surface area contributed by atoms with Gasteiger partial charge in [-0.1, -0.05) is 77.6 Å². The first kappa shape index (κ1) is 25.7. The van der Waals surface area contributed by atoms with E-state index in [4.69, 9.17) is 14.2 Å². The monoisotopic (exact) mass is 413 g/mol.